The Balaban J connectivity index is 1.64. The minimum atomic E-state index is -0.480. The van der Waals surface area contributed by atoms with Gasteiger partial charge in [-0.05, 0) is 55.3 Å². The van der Waals surface area contributed by atoms with E-state index in [0.717, 1.165) is 15.7 Å². The van der Waals surface area contributed by atoms with Crippen LogP contribution in [-0.2, 0) is 4.79 Å². The van der Waals surface area contributed by atoms with E-state index in [-0.39, 0.29) is 18.1 Å². The Labute approximate surface area is 213 Å². The third-order valence-corrected chi connectivity index (χ3v) is 5.96. The molecule has 2 N–H and O–H groups in total. The summed E-state index contributed by atoms with van der Waals surface area (Å²) in [7, 11) is 2.99. The molecule has 0 fully saturated rings. The molecule has 1 heterocycles. The lowest BCUT2D eigenvalue weighted by Crippen LogP contribution is -2.25. The molecule has 190 valence electrons. The summed E-state index contributed by atoms with van der Waals surface area (Å²) in [6.45, 7) is 3.72. The van der Waals surface area contributed by atoms with Gasteiger partial charge in [0.05, 0.1) is 31.7 Å². The van der Waals surface area contributed by atoms with E-state index in [2.05, 4.69) is 10.5 Å². The third kappa shape index (κ3) is 5.25. The maximum atomic E-state index is 13.3. The van der Waals surface area contributed by atoms with Gasteiger partial charge in [0.15, 0.2) is 18.1 Å². The van der Waals surface area contributed by atoms with E-state index in [1.54, 1.807) is 48.5 Å². The second-order valence-electron chi connectivity index (χ2n) is 8.29. The Morgan fingerprint density at radius 3 is 2.41 bits per heavy atom. The van der Waals surface area contributed by atoms with Gasteiger partial charge in [0.25, 0.3) is 11.5 Å². The number of aromatic hydroxyl groups is 1. The number of ether oxygens (including phenoxy) is 3. The molecule has 1 aromatic heterocycles. The lowest BCUT2D eigenvalue weighted by molar-refractivity contribution is -0.123. The zero-order valence-electron chi connectivity index (χ0n) is 20.9. The summed E-state index contributed by atoms with van der Waals surface area (Å²) in [6.07, 6.45) is 1.29. The molecular weight excluding hydrogens is 474 g/mol. The number of nitrogens with zero attached hydrogens (tertiary/aromatic N) is 2. The van der Waals surface area contributed by atoms with Crippen LogP contribution in [0.4, 0.5) is 0 Å². The molecule has 0 saturated carbocycles. The minimum Gasteiger partial charge on any atom is -0.494 e. The Hall–Kier alpha value is -4.79. The number of aromatic nitrogens is 1. The zero-order valence-corrected chi connectivity index (χ0v) is 20.9. The van der Waals surface area contributed by atoms with Crippen LogP contribution < -0.4 is 25.2 Å². The number of aryl methyl sites for hydroxylation is 2. The topological polar surface area (TPSA) is 111 Å². The largest absolute Gasteiger partial charge is 0.494 e. The number of hydrazone groups is 1. The molecule has 0 atom stereocenters. The number of nitrogens with one attached hydrogen (secondary N) is 1. The minimum absolute atomic E-state index is 0.238. The number of rotatable bonds is 8. The predicted octanol–water partition coefficient (Wildman–Crippen LogP) is 3.86. The van der Waals surface area contributed by atoms with Crippen LogP contribution in [0.1, 0.15) is 16.7 Å². The molecule has 1 amide bonds. The van der Waals surface area contributed by atoms with Crippen LogP contribution in [-0.4, -0.2) is 42.6 Å². The van der Waals surface area contributed by atoms with Crippen molar-refractivity contribution in [2.75, 3.05) is 20.8 Å². The summed E-state index contributed by atoms with van der Waals surface area (Å²) in [5, 5.41) is 16.0. The van der Waals surface area contributed by atoms with E-state index in [1.807, 2.05) is 26.0 Å². The van der Waals surface area contributed by atoms with Crippen molar-refractivity contribution in [1.29, 1.82) is 0 Å². The van der Waals surface area contributed by atoms with Gasteiger partial charge in [0, 0.05) is 16.8 Å². The smallest absolute Gasteiger partial charge is 0.277 e. The van der Waals surface area contributed by atoms with Gasteiger partial charge >= 0.3 is 0 Å². The Morgan fingerprint density at radius 2 is 1.70 bits per heavy atom. The first-order chi connectivity index (χ1) is 17.8. The molecule has 0 saturated heterocycles. The molecule has 9 heteroatoms. The summed E-state index contributed by atoms with van der Waals surface area (Å²) in [5.74, 6) is 0.623. The molecule has 0 aliphatic heterocycles. The highest BCUT2D eigenvalue weighted by Crippen LogP contribution is 2.32. The fourth-order valence-corrected chi connectivity index (χ4v) is 3.85. The van der Waals surface area contributed by atoms with Gasteiger partial charge in [-0.1, -0.05) is 24.3 Å². The molecule has 9 nitrogen and oxygen atoms in total. The van der Waals surface area contributed by atoms with Crippen LogP contribution >= 0.6 is 0 Å². The molecular formula is C28H27N3O6. The molecule has 0 spiro atoms. The highest BCUT2D eigenvalue weighted by atomic mass is 16.5. The van der Waals surface area contributed by atoms with Crippen LogP contribution in [0.25, 0.3) is 16.5 Å². The van der Waals surface area contributed by atoms with Crippen molar-refractivity contribution in [3.8, 4) is 28.8 Å². The Kier molecular flexibility index (Phi) is 7.43. The van der Waals surface area contributed by atoms with E-state index >= 15 is 0 Å². The molecule has 3 aromatic carbocycles. The van der Waals surface area contributed by atoms with Gasteiger partial charge < -0.3 is 19.3 Å². The predicted molar refractivity (Wildman–Crippen MR) is 141 cm³/mol. The quantitative estimate of drug-likeness (QED) is 0.280. The van der Waals surface area contributed by atoms with Crippen molar-refractivity contribution in [1.82, 2.24) is 9.99 Å². The fraction of sp³-hybridized carbons (Fsp3) is 0.179. The van der Waals surface area contributed by atoms with Gasteiger partial charge in [0.1, 0.15) is 5.75 Å². The SMILES string of the molecule is COc1ccc(-n2c(O)c(C=NNC(=O)COc3ccc(C)c(C)c3)c3ccccc3c2=O)cc1OC. The average Bonchev–Trinajstić information content (AvgIpc) is 2.91. The molecule has 0 bridgehead atoms. The summed E-state index contributed by atoms with van der Waals surface area (Å²) in [6, 6.07) is 17.2. The highest BCUT2D eigenvalue weighted by molar-refractivity contribution is 6.02. The molecule has 0 unspecified atom stereocenters. The molecule has 0 radical (unpaired) electrons. The first-order valence-corrected chi connectivity index (χ1v) is 11.4. The van der Waals surface area contributed by atoms with E-state index in [1.165, 1.54) is 20.4 Å². The molecule has 0 aliphatic carbocycles. The van der Waals surface area contributed by atoms with Crippen molar-refractivity contribution >= 4 is 22.9 Å². The highest BCUT2D eigenvalue weighted by Gasteiger charge is 2.18. The van der Waals surface area contributed by atoms with Crippen LogP contribution in [0.15, 0.2) is 70.6 Å². The second-order valence-corrected chi connectivity index (χ2v) is 8.29. The van der Waals surface area contributed by atoms with Gasteiger partial charge in [-0.15, -0.1) is 0 Å². The summed E-state index contributed by atoms with van der Waals surface area (Å²) in [5.41, 5.74) is 4.77. The average molecular weight is 502 g/mol. The van der Waals surface area contributed by atoms with Crippen molar-refractivity contribution in [3.63, 3.8) is 0 Å². The van der Waals surface area contributed by atoms with Gasteiger partial charge in [0.2, 0.25) is 5.88 Å². The number of carbonyl (C=O) groups is 1. The number of methoxy groups -OCH3 is 2. The zero-order chi connectivity index (χ0) is 26.5. The monoisotopic (exact) mass is 501 g/mol. The third-order valence-electron chi connectivity index (χ3n) is 5.96. The van der Waals surface area contributed by atoms with Crippen LogP contribution in [0.5, 0.6) is 23.1 Å². The molecule has 0 aliphatic rings. The van der Waals surface area contributed by atoms with Crippen LogP contribution in [0.3, 0.4) is 0 Å². The second kappa shape index (κ2) is 10.9. The number of pyridine rings is 1. The standard InChI is InChI=1S/C28H27N3O6/c1-17-9-11-20(13-18(17)2)37-16-26(32)30-29-15-23-21-7-5-6-8-22(21)27(33)31(28(23)34)19-10-12-24(35-3)25(14-19)36-4/h5-15,34H,16H2,1-4H3,(H,30,32). The first-order valence-electron chi connectivity index (χ1n) is 11.4. The van der Waals surface area contributed by atoms with Gasteiger partial charge in [-0.25, -0.2) is 9.99 Å². The first kappa shape index (κ1) is 25.3. The number of carbonyl (C=O) groups excluding carboxylic acids is 1. The number of amides is 1. The number of benzene rings is 3. The van der Waals surface area contributed by atoms with Gasteiger partial charge in [-0.3, -0.25) is 9.59 Å². The van der Waals surface area contributed by atoms with E-state index in [4.69, 9.17) is 14.2 Å². The number of hydrogen-bond acceptors (Lipinski definition) is 7. The maximum Gasteiger partial charge on any atom is 0.277 e. The summed E-state index contributed by atoms with van der Waals surface area (Å²) >= 11 is 0. The number of fused-ring (bicyclic) bond motifs is 1. The van der Waals surface area contributed by atoms with Crippen LogP contribution in [0.2, 0.25) is 0 Å². The van der Waals surface area contributed by atoms with E-state index in [0.29, 0.717) is 33.7 Å². The van der Waals surface area contributed by atoms with Crippen molar-refractivity contribution in [2.24, 2.45) is 5.10 Å². The normalized spacial score (nSPS) is 11.0. The van der Waals surface area contributed by atoms with Crippen molar-refractivity contribution in [2.45, 2.75) is 13.8 Å². The fourth-order valence-electron chi connectivity index (χ4n) is 3.85. The molecule has 4 aromatic rings. The summed E-state index contributed by atoms with van der Waals surface area (Å²) in [4.78, 5) is 25.6. The Bertz CT molecular complexity index is 1560. The van der Waals surface area contributed by atoms with E-state index in [9.17, 15) is 14.7 Å². The Morgan fingerprint density at radius 1 is 0.973 bits per heavy atom. The van der Waals surface area contributed by atoms with Gasteiger partial charge in [-0.2, -0.15) is 5.10 Å². The van der Waals surface area contributed by atoms with Crippen molar-refractivity contribution < 1.29 is 24.1 Å². The van der Waals surface area contributed by atoms with E-state index < -0.39 is 11.5 Å². The molecule has 4 rings (SSSR count). The molecule has 37 heavy (non-hydrogen) atoms. The van der Waals surface area contributed by atoms with Crippen LogP contribution in [0, 0.1) is 13.8 Å². The number of hydrogen-bond donors (Lipinski definition) is 2. The maximum absolute atomic E-state index is 13.3. The lowest BCUT2D eigenvalue weighted by atomic mass is 10.1. The lowest BCUT2D eigenvalue weighted by Gasteiger charge is -2.15. The van der Waals surface area contributed by atoms with Crippen molar-refractivity contribution in [3.05, 3.63) is 87.7 Å². The summed E-state index contributed by atoms with van der Waals surface area (Å²) < 4.78 is 17.3.